The number of rotatable bonds is 7. The minimum absolute atomic E-state index is 0.0177. The van der Waals surface area contributed by atoms with Crippen molar-refractivity contribution in [1.82, 2.24) is 9.62 Å². The lowest BCUT2D eigenvalue weighted by Crippen LogP contribution is -2.43. The molecule has 2 aliphatic heterocycles. The summed E-state index contributed by atoms with van der Waals surface area (Å²) in [6.45, 7) is 3.31. The maximum absolute atomic E-state index is 13.5. The Morgan fingerprint density at radius 2 is 1.80 bits per heavy atom. The van der Waals surface area contributed by atoms with Gasteiger partial charge in [-0.3, -0.25) is 9.59 Å². The van der Waals surface area contributed by atoms with Gasteiger partial charge < -0.3 is 15.0 Å². The number of nitrogens with one attached hydrogen (secondary N) is 1. The third-order valence-electron chi connectivity index (χ3n) is 6.70. The molecule has 0 spiro atoms. The molecule has 8 nitrogen and oxygen atoms in total. The highest BCUT2D eigenvalue weighted by Crippen LogP contribution is 2.37. The fourth-order valence-corrected chi connectivity index (χ4v) is 7.15. The van der Waals surface area contributed by atoms with Crippen molar-refractivity contribution in [3.63, 3.8) is 0 Å². The second kappa shape index (κ2) is 10.7. The number of carbonyl (C=O) groups is 2. The van der Waals surface area contributed by atoms with E-state index in [1.54, 1.807) is 25.0 Å². The van der Waals surface area contributed by atoms with E-state index in [1.807, 2.05) is 30.3 Å². The van der Waals surface area contributed by atoms with Crippen LogP contribution < -0.4 is 15.0 Å². The van der Waals surface area contributed by atoms with E-state index in [2.05, 4.69) is 21.2 Å². The van der Waals surface area contributed by atoms with Crippen molar-refractivity contribution in [2.24, 2.45) is 5.92 Å². The molecule has 0 atom stereocenters. The van der Waals surface area contributed by atoms with Crippen LogP contribution in [-0.2, 0) is 32.6 Å². The summed E-state index contributed by atoms with van der Waals surface area (Å²) >= 11 is 3.43. The predicted octanol–water partition coefficient (Wildman–Crippen LogP) is 3.47. The molecule has 2 aromatic rings. The fraction of sp³-hybridized carbons (Fsp3) is 0.440. The Morgan fingerprint density at radius 3 is 2.43 bits per heavy atom. The van der Waals surface area contributed by atoms with Crippen molar-refractivity contribution in [1.29, 1.82) is 0 Å². The highest BCUT2D eigenvalue weighted by molar-refractivity contribution is 9.10. The number of sulfonamides is 1. The van der Waals surface area contributed by atoms with Crippen LogP contribution in [0.5, 0.6) is 5.75 Å². The number of ether oxygens (including phenoxy) is 1. The van der Waals surface area contributed by atoms with Gasteiger partial charge in [0.05, 0.1) is 12.0 Å². The quantitative estimate of drug-likeness (QED) is 0.556. The Kier molecular flexibility index (Phi) is 7.83. The topological polar surface area (TPSA) is 96.0 Å². The fourth-order valence-electron chi connectivity index (χ4n) is 4.61. The maximum atomic E-state index is 13.5. The maximum Gasteiger partial charge on any atom is 0.244 e. The van der Waals surface area contributed by atoms with E-state index in [0.717, 1.165) is 16.9 Å². The molecule has 2 aromatic carbocycles. The zero-order chi connectivity index (χ0) is 25.2. The second-order valence-electron chi connectivity index (χ2n) is 8.80. The molecule has 2 aliphatic rings. The predicted molar refractivity (Wildman–Crippen MR) is 137 cm³/mol. The summed E-state index contributed by atoms with van der Waals surface area (Å²) in [4.78, 5) is 26.8. The van der Waals surface area contributed by atoms with Crippen LogP contribution in [0.4, 0.5) is 5.69 Å². The lowest BCUT2D eigenvalue weighted by atomic mass is 9.97. The molecule has 1 fully saturated rings. The molecule has 1 saturated heterocycles. The highest BCUT2D eigenvalue weighted by atomic mass is 79.9. The van der Waals surface area contributed by atoms with Gasteiger partial charge >= 0.3 is 0 Å². The second-order valence-corrected chi connectivity index (χ2v) is 11.6. The number of fused-ring (bicyclic) bond motifs is 1. The van der Waals surface area contributed by atoms with Crippen LogP contribution in [-0.4, -0.2) is 51.3 Å². The molecule has 4 rings (SSSR count). The molecular formula is C25H30BrN3O5S. The average Bonchev–Trinajstić information content (AvgIpc) is 3.29. The number of hydrogen-bond acceptors (Lipinski definition) is 5. The van der Waals surface area contributed by atoms with Gasteiger partial charge in [-0.15, -0.1) is 0 Å². The minimum atomic E-state index is -3.78. The standard InChI is InChI=1S/C25H30BrN3O5S/c1-3-24(30)29-13-10-19-14-21(26)23(15-22(19)29)35(32,33)28-11-8-18(9-12-28)25(31)27-16-17-4-6-20(34-2)7-5-17/h4-7,14-15,18H,3,8-13,16H2,1-2H3,(H,27,31). The smallest absolute Gasteiger partial charge is 0.244 e. The van der Waals surface area contributed by atoms with Gasteiger partial charge in [0.2, 0.25) is 21.8 Å². The number of amides is 2. The first-order valence-corrected chi connectivity index (χ1v) is 14.0. The molecule has 0 bridgehead atoms. The van der Waals surface area contributed by atoms with Crippen LogP contribution in [0.15, 0.2) is 45.8 Å². The zero-order valence-electron chi connectivity index (χ0n) is 19.9. The monoisotopic (exact) mass is 563 g/mol. The van der Waals surface area contributed by atoms with E-state index in [1.165, 1.54) is 4.31 Å². The SMILES string of the molecule is CCC(=O)N1CCc2cc(Br)c(S(=O)(=O)N3CCC(C(=O)NCc4ccc(OC)cc4)CC3)cc21. The Morgan fingerprint density at radius 1 is 1.11 bits per heavy atom. The lowest BCUT2D eigenvalue weighted by molar-refractivity contribution is -0.126. The number of anilines is 1. The van der Waals surface area contributed by atoms with E-state index >= 15 is 0 Å². The molecule has 0 aliphatic carbocycles. The first-order chi connectivity index (χ1) is 16.7. The van der Waals surface area contributed by atoms with Gasteiger partial charge in [-0.25, -0.2) is 8.42 Å². The molecule has 35 heavy (non-hydrogen) atoms. The van der Waals surface area contributed by atoms with Crippen molar-refractivity contribution in [3.05, 3.63) is 52.0 Å². The van der Waals surface area contributed by atoms with Gasteiger partial charge in [-0.05, 0) is 70.6 Å². The molecule has 2 amide bonds. The Labute approximate surface area is 214 Å². The van der Waals surface area contributed by atoms with Gasteiger partial charge in [-0.1, -0.05) is 19.1 Å². The van der Waals surface area contributed by atoms with E-state index in [0.29, 0.717) is 48.9 Å². The van der Waals surface area contributed by atoms with Gasteiger partial charge in [0, 0.05) is 48.7 Å². The van der Waals surface area contributed by atoms with Crippen LogP contribution in [0.25, 0.3) is 0 Å². The minimum Gasteiger partial charge on any atom is -0.497 e. The summed E-state index contributed by atoms with van der Waals surface area (Å²) < 4.78 is 34.0. The van der Waals surface area contributed by atoms with Gasteiger partial charge in [0.25, 0.3) is 0 Å². The molecule has 0 saturated carbocycles. The Hall–Kier alpha value is -2.43. The van der Waals surface area contributed by atoms with Crippen molar-refractivity contribution >= 4 is 43.5 Å². The molecule has 188 valence electrons. The first-order valence-electron chi connectivity index (χ1n) is 11.8. The van der Waals surface area contributed by atoms with Crippen LogP contribution >= 0.6 is 15.9 Å². The number of methoxy groups -OCH3 is 1. The molecule has 10 heteroatoms. The van der Waals surface area contributed by atoms with Crippen LogP contribution in [0.1, 0.15) is 37.3 Å². The van der Waals surface area contributed by atoms with Crippen molar-refractivity contribution in [3.8, 4) is 5.75 Å². The number of nitrogens with zero attached hydrogens (tertiary/aromatic N) is 2. The van der Waals surface area contributed by atoms with Gasteiger partial charge in [0.1, 0.15) is 5.75 Å². The average molecular weight is 565 g/mol. The summed E-state index contributed by atoms with van der Waals surface area (Å²) in [6.07, 6.45) is 1.98. The molecule has 1 N–H and O–H groups in total. The third-order valence-corrected chi connectivity index (χ3v) is 9.56. The number of halogens is 1. The molecule has 0 radical (unpaired) electrons. The molecular weight excluding hydrogens is 534 g/mol. The molecule has 2 heterocycles. The Bertz CT molecular complexity index is 1210. The number of piperidine rings is 1. The van der Waals surface area contributed by atoms with Gasteiger partial charge in [0.15, 0.2) is 0 Å². The van der Waals surface area contributed by atoms with E-state index in [-0.39, 0.29) is 35.7 Å². The summed E-state index contributed by atoms with van der Waals surface area (Å²) in [5.41, 5.74) is 2.60. The van der Waals surface area contributed by atoms with Gasteiger partial charge in [-0.2, -0.15) is 4.31 Å². The zero-order valence-corrected chi connectivity index (χ0v) is 22.3. The van der Waals surface area contributed by atoms with E-state index in [4.69, 9.17) is 4.74 Å². The molecule has 0 aromatic heterocycles. The lowest BCUT2D eigenvalue weighted by Gasteiger charge is -2.31. The largest absolute Gasteiger partial charge is 0.497 e. The van der Waals surface area contributed by atoms with Crippen molar-refractivity contribution in [2.45, 2.75) is 44.0 Å². The highest BCUT2D eigenvalue weighted by Gasteiger charge is 2.35. The third kappa shape index (κ3) is 5.39. The Balaban J connectivity index is 1.40. The number of hydrogen-bond donors (Lipinski definition) is 1. The number of carbonyl (C=O) groups excluding carboxylic acids is 2. The van der Waals surface area contributed by atoms with E-state index in [9.17, 15) is 18.0 Å². The van der Waals surface area contributed by atoms with Crippen molar-refractivity contribution in [2.75, 3.05) is 31.6 Å². The summed E-state index contributed by atoms with van der Waals surface area (Å²) in [5.74, 6) is 0.440. The summed E-state index contributed by atoms with van der Waals surface area (Å²) in [7, 11) is -2.17. The van der Waals surface area contributed by atoms with Crippen LogP contribution in [0, 0.1) is 5.92 Å². The first kappa shape index (κ1) is 25.7. The van der Waals surface area contributed by atoms with Crippen LogP contribution in [0.3, 0.4) is 0 Å². The van der Waals surface area contributed by atoms with Crippen LogP contribution in [0.2, 0.25) is 0 Å². The molecule has 0 unspecified atom stereocenters. The number of benzene rings is 2. The van der Waals surface area contributed by atoms with E-state index < -0.39 is 10.0 Å². The van der Waals surface area contributed by atoms with Crippen molar-refractivity contribution < 1.29 is 22.7 Å². The summed E-state index contributed by atoms with van der Waals surface area (Å²) in [5, 5.41) is 2.96. The summed E-state index contributed by atoms with van der Waals surface area (Å²) in [6, 6.07) is 10.9. The normalized spacial score (nSPS) is 16.7.